The van der Waals surface area contributed by atoms with Crippen LogP contribution in [0, 0.1) is 0 Å². The zero-order valence-electron chi connectivity index (χ0n) is 16.1. The lowest BCUT2D eigenvalue weighted by Gasteiger charge is -2.43. The van der Waals surface area contributed by atoms with E-state index in [-0.39, 0.29) is 5.56 Å². The summed E-state index contributed by atoms with van der Waals surface area (Å²) >= 11 is 0. The monoisotopic (exact) mass is 419 g/mol. The lowest BCUT2D eigenvalue weighted by Crippen LogP contribution is -2.60. The van der Waals surface area contributed by atoms with Gasteiger partial charge in [0, 0.05) is 5.41 Å². The second-order valence-corrected chi connectivity index (χ2v) is 8.71. The maximum Gasteiger partial charge on any atom is 0.256 e. The smallest absolute Gasteiger partial charge is 0.256 e. The van der Waals surface area contributed by atoms with Crippen LogP contribution in [-0.4, -0.2) is 45.1 Å². The van der Waals surface area contributed by atoms with E-state index in [4.69, 9.17) is 4.74 Å². The molecule has 3 rings (SSSR count). The maximum absolute atomic E-state index is 13.0. The predicted octanol–water partition coefficient (Wildman–Crippen LogP) is 1.38. The first-order valence-corrected chi connectivity index (χ1v) is 10.8. The van der Waals surface area contributed by atoms with Crippen molar-refractivity contribution in [3.05, 3.63) is 65.7 Å². The van der Waals surface area contributed by atoms with Crippen molar-refractivity contribution in [1.29, 1.82) is 0 Å². The summed E-state index contributed by atoms with van der Waals surface area (Å²) in [4.78, 5) is 14.5. The highest BCUT2D eigenvalue weighted by Gasteiger charge is 2.49. The van der Waals surface area contributed by atoms with Crippen molar-refractivity contribution in [2.75, 3.05) is 20.2 Å². The molecule has 0 aliphatic carbocycles. The average Bonchev–Trinajstić information content (AvgIpc) is 2.78. The summed E-state index contributed by atoms with van der Waals surface area (Å²) in [6.07, 6.45) is 0.934. The van der Waals surface area contributed by atoms with Crippen LogP contribution in [0.25, 0.3) is 0 Å². The molecule has 156 valence electrons. The molecule has 0 bridgehead atoms. The fourth-order valence-corrected chi connectivity index (χ4v) is 5.27. The highest BCUT2D eigenvalue weighted by atomic mass is 32.2. The fraction of sp³-hybridized carbons (Fsp3) is 0.350. The minimum atomic E-state index is -4.28. The van der Waals surface area contributed by atoms with Gasteiger partial charge in [-0.25, -0.2) is 8.42 Å². The van der Waals surface area contributed by atoms with Gasteiger partial charge in [0.1, 0.15) is 5.75 Å². The van der Waals surface area contributed by atoms with Gasteiger partial charge in [0.25, 0.3) is 15.9 Å². The first-order valence-electron chi connectivity index (χ1n) is 9.29. The Morgan fingerprint density at radius 2 is 1.72 bits per heavy atom. The summed E-state index contributed by atoms with van der Waals surface area (Å²) in [5, 5.41) is 13.9. The first-order chi connectivity index (χ1) is 13.9. The molecule has 9 heteroatoms. The molecular weight excluding hydrogens is 394 g/mol. The second kappa shape index (κ2) is 8.91. The zero-order chi connectivity index (χ0) is 20.9. The normalized spacial score (nSPS) is 17.3. The summed E-state index contributed by atoms with van der Waals surface area (Å²) in [6.45, 7) is 1.16. The molecule has 29 heavy (non-hydrogen) atoms. The lowest BCUT2D eigenvalue weighted by atomic mass is 9.72. The molecule has 1 fully saturated rings. The highest BCUT2D eigenvalue weighted by Crippen LogP contribution is 2.39. The Bertz CT molecular complexity index is 944. The van der Waals surface area contributed by atoms with E-state index >= 15 is 0 Å². The Kier molecular flexibility index (Phi) is 6.53. The van der Waals surface area contributed by atoms with Gasteiger partial charge >= 0.3 is 0 Å². The zero-order valence-corrected chi connectivity index (χ0v) is 16.9. The van der Waals surface area contributed by atoms with Gasteiger partial charge in [-0.05, 0) is 43.6 Å². The largest absolute Gasteiger partial charge is 0.496 e. The van der Waals surface area contributed by atoms with Gasteiger partial charge in [-0.1, -0.05) is 47.3 Å². The SMILES string of the molecule is COc1ccccc1C(=O)NC(C1(c2ccccc2)CCNCC1)S(=O)(=O)NO. The number of carbonyl (C=O) groups excluding carboxylic acids is 1. The molecular formula is C20H25N3O5S. The second-order valence-electron chi connectivity index (χ2n) is 6.96. The Labute approximate surface area is 170 Å². The van der Waals surface area contributed by atoms with Crippen LogP contribution in [0.1, 0.15) is 28.8 Å². The number of piperidine rings is 1. The molecule has 1 aliphatic rings. The van der Waals surface area contributed by atoms with Crippen LogP contribution in [0.5, 0.6) is 5.75 Å². The van der Waals surface area contributed by atoms with Crippen molar-refractivity contribution in [3.63, 3.8) is 0 Å². The van der Waals surface area contributed by atoms with Crippen LogP contribution < -0.4 is 20.3 Å². The van der Waals surface area contributed by atoms with Gasteiger partial charge in [0.15, 0.2) is 5.37 Å². The summed E-state index contributed by atoms with van der Waals surface area (Å²) in [5.74, 6) is -0.266. The molecule has 0 saturated carbocycles. The minimum Gasteiger partial charge on any atom is -0.496 e. The number of sulfonamides is 1. The van der Waals surface area contributed by atoms with Gasteiger partial charge < -0.3 is 20.6 Å². The molecule has 1 unspecified atom stereocenters. The number of methoxy groups -OCH3 is 1. The molecule has 1 atom stereocenters. The van der Waals surface area contributed by atoms with Crippen molar-refractivity contribution in [3.8, 4) is 5.75 Å². The quantitative estimate of drug-likeness (QED) is 0.504. The molecule has 0 spiro atoms. The number of hydrogen-bond acceptors (Lipinski definition) is 6. The van der Waals surface area contributed by atoms with Crippen molar-refractivity contribution >= 4 is 15.9 Å². The number of amides is 1. The molecule has 0 radical (unpaired) electrons. The van der Waals surface area contributed by atoms with Gasteiger partial charge in [-0.3, -0.25) is 4.79 Å². The van der Waals surface area contributed by atoms with Gasteiger partial charge in [0.05, 0.1) is 12.7 Å². The molecule has 4 N–H and O–H groups in total. The molecule has 1 amide bonds. The molecule has 8 nitrogen and oxygen atoms in total. The van der Waals surface area contributed by atoms with Crippen LogP contribution in [0.3, 0.4) is 0 Å². The van der Waals surface area contributed by atoms with Crippen molar-refractivity contribution < 1.29 is 23.2 Å². The third-order valence-electron chi connectivity index (χ3n) is 5.40. The Morgan fingerprint density at radius 1 is 1.10 bits per heavy atom. The van der Waals surface area contributed by atoms with Crippen LogP contribution in [-0.2, 0) is 15.4 Å². The van der Waals surface area contributed by atoms with Crippen molar-refractivity contribution in [2.45, 2.75) is 23.6 Å². The van der Waals surface area contributed by atoms with Gasteiger partial charge in [0.2, 0.25) is 0 Å². The summed E-state index contributed by atoms with van der Waals surface area (Å²) < 4.78 is 31.0. The first kappa shape index (κ1) is 21.3. The molecule has 0 aromatic heterocycles. The van der Waals surface area contributed by atoms with Crippen molar-refractivity contribution in [2.24, 2.45) is 0 Å². The molecule has 2 aromatic rings. The summed E-state index contributed by atoms with van der Waals surface area (Å²) in [5.41, 5.74) is 0.0783. The van der Waals surface area contributed by atoms with Gasteiger partial charge in [-0.15, -0.1) is 0 Å². The number of carbonyl (C=O) groups is 1. The summed E-state index contributed by atoms with van der Waals surface area (Å²) in [6, 6.07) is 15.8. The fourth-order valence-electron chi connectivity index (χ4n) is 3.94. The molecule has 1 aliphatic heterocycles. The standard InChI is InChI=1S/C20H25N3O5S/c1-28-17-10-6-5-9-16(17)18(24)22-19(29(26,27)23-25)20(11-13-21-14-12-20)15-7-3-2-4-8-15/h2-10,19,21,23,25H,11-14H2,1H3,(H,22,24). The third-order valence-corrected chi connectivity index (χ3v) is 6.84. The van der Waals surface area contributed by atoms with E-state index in [1.807, 2.05) is 30.3 Å². The van der Waals surface area contributed by atoms with Crippen LogP contribution >= 0.6 is 0 Å². The van der Waals surface area contributed by atoms with Gasteiger partial charge in [-0.2, -0.15) is 0 Å². The number of rotatable bonds is 7. The number of para-hydroxylation sites is 1. The van der Waals surface area contributed by atoms with Crippen LogP contribution in [0.15, 0.2) is 54.6 Å². The average molecular weight is 420 g/mol. The molecule has 1 heterocycles. The molecule has 2 aromatic carbocycles. The number of benzene rings is 2. The Balaban J connectivity index is 2.08. The van der Waals surface area contributed by atoms with E-state index in [0.717, 1.165) is 5.56 Å². The predicted molar refractivity (Wildman–Crippen MR) is 108 cm³/mol. The van der Waals surface area contributed by atoms with E-state index in [2.05, 4.69) is 10.6 Å². The number of hydrogen-bond donors (Lipinski definition) is 4. The van der Waals surface area contributed by atoms with Crippen molar-refractivity contribution in [1.82, 2.24) is 15.5 Å². The molecule has 1 saturated heterocycles. The Hall–Kier alpha value is -2.46. The topological polar surface area (TPSA) is 117 Å². The highest BCUT2D eigenvalue weighted by molar-refractivity contribution is 7.90. The summed E-state index contributed by atoms with van der Waals surface area (Å²) in [7, 11) is -2.85. The maximum atomic E-state index is 13.0. The van der Waals surface area contributed by atoms with E-state index in [9.17, 15) is 18.4 Å². The number of nitrogens with one attached hydrogen (secondary N) is 3. The van der Waals surface area contributed by atoms with Crippen LogP contribution in [0.2, 0.25) is 0 Å². The van der Waals surface area contributed by atoms with Crippen LogP contribution in [0.4, 0.5) is 0 Å². The van der Waals surface area contributed by atoms with E-state index in [1.165, 1.54) is 12.0 Å². The van der Waals surface area contributed by atoms with E-state index in [0.29, 0.717) is 31.7 Å². The Morgan fingerprint density at radius 3 is 2.34 bits per heavy atom. The lowest BCUT2D eigenvalue weighted by molar-refractivity contribution is 0.0920. The number of ether oxygens (including phenoxy) is 1. The van der Waals surface area contributed by atoms with E-state index in [1.54, 1.807) is 24.3 Å². The van der Waals surface area contributed by atoms with E-state index < -0.39 is 26.7 Å². The third kappa shape index (κ3) is 4.27. The minimum absolute atomic E-state index is 0.213.